The summed E-state index contributed by atoms with van der Waals surface area (Å²) in [5, 5.41) is 5.22. The van der Waals surface area contributed by atoms with Gasteiger partial charge in [0.15, 0.2) is 11.8 Å². The number of nitrogens with one attached hydrogen (secondary N) is 1. The average Bonchev–Trinajstić information content (AvgIpc) is 3.21. The van der Waals surface area contributed by atoms with E-state index >= 15 is 0 Å². The summed E-state index contributed by atoms with van der Waals surface area (Å²) in [4.78, 5) is 39.9. The summed E-state index contributed by atoms with van der Waals surface area (Å²) in [6.45, 7) is 1.42. The monoisotopic (exact) mass is 440 g/mol. The van der Waals surface area contributed by atoms with E-state index in [0.717, 1.165) is 11.3 Å². The fourth-order valence-corrected chi connectivity index (χ4v) is 3.74. The van der Waals surface area contributed by atoms with Crippen LogP contribution in [0.2, 0.25) is 10.0 Å². The summed E-state index contributed by atoms with van der Waals surface area (Å²) in [6, 6.07) is 3.05. The number of ether oxygens (including phenoxy) is 1. The van der Waals surface area contributed by atoms with E-state index in [1.165, 1.54) is 13.0 Å². The van der Waals surface area contributed by atoms with Crippen molar-refractivity contribution in [2.75, 3.05) is 5.32 Å². The normalized spacial score (nSPS) is 12.0. The molecule has 1 unspecified atom stereocenters. The van der Waals surface area contributed by atoms with Crippen LogP contribution in [0.1, 0.15) is 23.0 Å². The zero-order valence-electron chi connectivity index (χ0n) is 14.4. The van der Waals surface area contributed by atoms with Crippen molar-refractivity contribution in [3.8, 4) is 0 Å². The number of carbonyl (C=O) groups excluding carboxylic acids is 3. The maximum absolute atomic E-state index is 12.2. The summed E-state index contributed by atoms with van der Waals surface area (Å²) in [5.41, 5.74) is 6.29. The van der Waals surface area contributed by atoms with Crippen LogP contribution in [0.5, 0.6) is 0 Å². The third-order valence-corrected chi connectivity index (χ3v) is 5.01. The Morgan fingerprint density at radius 2 is 2.11 bits per heavy atom. The fourth-order valence-electron chi connectivity index (χ4n) is 2.41. The van der Waals surface area contributed by atoms with Gasteiger partial charge in [0.1, 0.15) is 5.00 Å². The van der Waals surface area contributed by atoms with Gasteiger partial charge in [0.05, 0.1) is 27.7 Å². The van der Waals surface area contributed by atoms with Crippen molar-refractivity contribution in [1.29, 1.82) is 0 Å². The summed E-state index contributed by atoms with van der Waals surface area (Å²) >= 11 is 13.1. The van der Waals surface area contributed by atoms with E-state index in [1.54, 1.807) is 28.2 Å². The van der Waals surface area contributed by atoms with Crippen LogP contribution >= 0.6 is 34.5 Å². The molecule has 0 saturated carbocycles. The van der Waals surface area contributed by atoms with E-state index in [-0.39, 0.29) is 12.0 Å². The van der Waals surface area contributed by atoms with Gasteiger partial charge in [0, 0.05) is 12.4 Å². The number of rotatable bonds is 6. The molecule has 0 aromatic carbocycles. The number of pyridine rings is 1. The minimum absolute atomic E-state index is 0.154. The molecule has 146 valence electrons. The number of primary amides is 1. The second-order valence-electron chi connectivity index (χ2n) is 5.80. The van der Waals surface area contributed by atoms with E-state index < -0.39 is 23.9 Å². The third kappa shape index (κ3) is 4.44. The number of nitrogens with zero attached hydrogens (tertiary/aromatic N) is 2. The van der Waals surface area contributed by atoms with Gasteiger partial charge >= 0.3 is 5.97 Å². The Morgan fingerprint density at radius 1 is 1.36 bits per heavy atom. The molecule has 0 radical (unpaired) electrons. The highest BCUT2D eigenvalue weighted by Crippen LogP contribution is 2.23. The van der Waals surface area contributed by atoms with Gasteiger partial charge in [-0.25, -0.2) is 4.98 Å². The first kappa shape index (κ1) is 20.1. The second kappa shape index (κ2) is 8.17. The van der Waals surface area contributed by atoms with Crippen molar-refractivity contribution in [2.24, 2.45) is 5.73 Å². The van der Waals surface area contributed by atoms with Crippen LogP contribution in [0, 0.1) is 0 Å². The van der Waals surface area contributed by atoms with E-state index in [0.29, 0.717) is 26.4 Å². The average molecular weight is 441 g/mol. The van der Waals surface area contributed by atoms with Gasteiger partial charge in [-0.05, 0) is 24.4 Å². The smallest absolute Gasteiger partial charge is 0.312 e. The molecule has 0 bridgehead atoms. The van der Waals surface area contributed by atoms with Gasteiger partial charge < -0.3 is 20.2 Å². The van der Waals surface area contributed by atoms with Crippen LogP contribution in [0.4, 0.5) is 5.00 Å². The summed E-state index contributed by atoms with van der Waals surface area (Å²) in [7, 11) is 0. The molecule has 0 aliphatic rings. The Labute approximate surface area is 173 Å². The van der Waals surface area contributed by atoms with Crippen LogP contribution in [0.25, 0.3) is 5.65 Å². The van der Waals surface area contributed by atoms with E-state index in [2.05, 4.69) is 10.3 Å². The number of imidazole rings is 1. The van der Waals surface area contributed by atoms with E-state index in [9.17, 15) is 14.4 Å². The highest BCUT2D eigenvalue weighted by atomic mass is 35.5. The van der Waals surface area contributed by atoms with Crippen molar-refractivity contribution in [3.63, 3.8) is 0 Å². The van der Waals surface area contributed by atoms with Crippen molar-refractivity contribution >= 4 is 63.0 Å². The van der Waals surface area contributed by atoms with Gasteiger partial charge in [-0.15, -0.1) is 11.3 Å². The summed E-state index contributed by atoms with van der Waals surface area (Å²) < 4.78 is 6.75. The minimum Gasteiger partial charge on any atom is -0.452 e. The third-order valence-electron chi connectivity index (χ3n) is 3.69. The lowest BCUT2D eigenvalue weighted by Crippen LogP contribution is -2.31. The lowest BCUT2D eigenvalue weighted by molar-refractivity contribution is -0.152. The van der Waals surface area contributed by atoms with Crippen molar-refractivity contribution < 1.29 is 19.1 Å². The fraction of sp³-hybridized carbons (Fsp3) is 0.176. The number of carbonyl (C=O) groups is 3. The predicted molar refractivity (Wildman–Crippen MR) is 106 cm³/mol. The molecule has 0 aliphatic carbocycles. The number of esters is 1. The Balaban J connectivity index is 1.62. The molecule has 8 nitrogen and oxygen atoms in total. The minimum atomic E-state index is -1.08. The van der Waals surface area contributed by atoms with Crippen LogP contribution in [-0.2, 0) is 20.7 Å². The van der Waals surface area contributed by atoms with Crippen LogP contribution < -0.4 is 11.1 Å². The molecule has 3 heterocycles. The number of nitrogens with two attached hydrogens (primary N) is 1. The molecular weight excluding hydrogens is 427 g/mol. The number of anilines is 1. The lowest BCUT2D eigenvalue weighted by Gasteiger charge is -2.12. The SMILES string of the molecule is CC(OC(=O)Cc1cn2cc(Cl)cc(Cl)c2n1)C(=O)Nc1sccc1C(N)=O. The molecule has 3 N–H and O–H groups in total. The Bertz CT molecular complexity index is 1080. The first-order valence-electron chi connectivity index (χ1n) is 7.95. The first-order valence-corrected chi connectivity index (χ1v) is 9.58. The largest absolute Gasteiger partial charge is 0.452 e. The predicted octanol–water partition coefficient (Wildman–Crippen LogP) is 2.91. The van der Waals surface area contributed by atoms with Gasteiger partial charge in [-0.3, -0.25) is 14.4 Å². The zero-order valence-corrected chi connectivity index (χ0v) is 16.8. The zero-order chi connectivity index (χ0) is 20.4. The molecule has 0 aliphatic heterocycles. The topological polar surface area (TPSA) is 116 Å². The standard InChI is InChI=1S/C17H14Cl2N4O4S/c1-8(16(26)22-17-11(14(20)25)2-3-28-17)27-13(24)5-10-7-23-6-9(18)4-12(19)15(23)21-10/h2-4,6-8H,5H2,1H3,(H2,20,25)(H,22,26). The summed E-state index contributed by atoms with van der Waals surface area (Å²) in [5.74, 6) is -1.88. The molecule has 3 rings (SSSR count). The van der Waals surface area contributed by atoms with Crippen molar-refractivity contribution in [2.45, 2.75) is 19.4 Å². The quantitative estimate of drug-likeness (QED) is 0.571. The Hall–Kier alpha value is -2.62. The summed E-state index contributed by atoms with van der Waals surface area (Å²) in [6.07, 6.45) is 1.98. The number of aromatic nitrogens is 2. The molecule has 11 heteroatoms. The van der Waals surface area contributed by atoms with Gasteiger partial charge in [-0.1, -0.05) is 23.2 Å². The lowest BCUT2D eigenvalue weighted by atomic mass is 10.3. The van der Waals surface area contributed by atoms with E-state index in [1.807, 2.05) is 0 Å². The van der Waals surface area contributed by atoms with Crippen LogP contribution in [-0.4, -0.2) is 33.3 Å². The van der Waals surface area contributed by atoms with Gasteiger partial charge in [0.25, 0.3) is 11.8 Å². The molecule has 3 aromatic rings. The first-order chi connectivity index (χ1) is 13.2. The highest BCUT2D eigenvalue weighted by Gasteiger charge is 2.21. The molecule has 2 amide bonds. The molecular formula is C17H14Cl2N4O4S. The molecule has 0 saturated heterocycles. The number of thiophene rings is 1. The maximum Gasteiger partial charge on any atom is 0.312 e. The van der Waals surface area contributed by atoms with Gasteiger partial charge in [0.2, 0.25) is 0 Å². The number of hydrogen-bond donors (Lipinski definition) is 2. The van der Waals surface area contributed by atoms with Crippen molar-refractivity contribution in [1.82, 2.24) is 9.38 Å². The second-order valence-corrected chi connectivity index (χ2v) is 7.55. The molecule has 28 heavy (non-hydrogen) atoms. The van der Waals surface area contributed by atoms with Crippen molar-refractivity contribution in [3.05, 3.63) is 51.2 Å². The molecule has 0 spiro atoms. The van der Waals surface area contributed by atoms with Crippen LogP contribution in [0.3, 0.4) is 0 Å². The number of amides is 2. The van der Waals surface area contributed by atoms with Gasteiger partial charge in [-0.2, -0.15) is 0 Å². The molecule has 3 aromatic heterocycles. The number of hydrogen-bond acceptors (Lipinski definition) is 6. The Kier molecular flexibility index (Phi) is 5.87. The number of halogens is 2. The molecule has 0 fully saturated rings. The number of fused-ring (bicyclic) bond motifs is 1. The maximum atomic E-state index is 12.2. The van der Waals surface area contributed by atoms with Crippen LogP contribution in [0.15, 0.2) is 29.9 Å². The molecule has 1 atom stereocenters. The highest BCUT2D eigenvalue weighted by molar-refractivity contribution is 7.14. The Morgan fingerprint density at radius 3 is 2.82 bits per heavy atom. The van der Waals surface area contributed by atoms with E-state index in [4.69, 9.17) is 33.7 Å².